The maximum Gasteiger partial charge on any atom is 0.0596 e. The molecule has 0 spiro atoms. The van der Waals surface area contributed by atoms with Crippen molar-refractivity contribution in [3.05, 3.63) is 17.5 Å². The minimum Gasteiger partial charge on any atom is -0.312 e. The highest BCUT2D eigenvalue weighted by Gasteiger charge is 2.07. The van der Waals surface area contributed by atoms with E-state index < -0.39 is 0 Å². The third-order valence-corrected chi connectivity index (χ3v) is 2.48. The highest BCUT2D eigenvalue weighted by Crippen LogP contribution is 2.04. The molecule has 0 radical (unpaired) electrons. The van der Waals surface area contributed by atoms with Gasteiger partial charge in [-0.3, -0.25) is 4.68 Å². The summed E-state index contributed by atoms with van der Waals surface area (Å²) in [6.45, 7) is 10.5. The van der Waals surface area contributed by atoms with Crippen LogP contribution in [0.25, 0.3) is 0 Å². The molecule has 1 N–H and O–H groups in total. The summed E-state index contributed by atoms with van der Waals surface area (Å²) < 4.78 is 2.09. The zero-order valence-corrected chi connectivity index (χ0v) is 9.67. The number of nitrogens with one attached hydrogen (secondary N) is 1. The molecule has 0 aromatic carbocycles. The van der Waals surface area contributed by atoms with E-state index in [1.807, 2.05) is 6.92 Å². The van der Waals surface area contributed by atoms with E-state index in [9.17, 15) is 0 Å². The minimum absolute atomic E-state index is 0.540. The number of rotatable bonds is 5. The molecule has 1 rings (SSSR count). The first-order chi connectivity index (χ1) is 6.67. The average molecular weight is 195 g/mol. The molecule has 1 aromatic rings. The van der Waals surface area contributed by atoms with Gasteiger partial charge in [-0.05, 0) is 32.9 Å². The molecule has 0 bridgehead atoms. The largest absolute Gasteiger partial charge is 0.312 e. The summed E-state index contributed by atoms with van der Waals surface area (Å²) in [6, 6.07) is 2.66. The zero-order chi connectivity index (χ0) is 10.6. The van der Waals surface area contributed by atoms with Crippen molar-refractivity contribution in [2.75, 3.05) is 6.54 Å². The van der Waals surface area contributed by atoms with Crippen molar-refractivity contribution < 1.29 is 0 Å². The molecule has 3 heteroatoms. The highest BCUT2D eigenvalue weighted by molar-refractivity contribution is 5.06. The van der Waals surface area contributed by atoms with Crippen LogP contribution in [0.5, 0.6) is 0 Å². The van der Waals surface area contributed by atoms with Crippen LogP contribution in [0, 0.1) is 13.8 Å². The predicted octanol–water partition coefficient (Wildman–Crippen LogP) is 1.89. The van der Waals surface area contributed by atoms with Gasteiger partial charge in [0.1, 0.15) is 0 Å². The quantitative estimate of drug-likeness (QED) is 0.777. The van der Waals surface area contributed by atoms with Crippen molar-refractivity contribution in [3.63, 3.8) is 0 Å². The minimum atomic E-state index is 0.540. The Balaban J connectivity index is 2.61. The molecular formula is C11H21N3. The van der Waals surface area contributed by atoms with Gasteiger partial charge in [0.25, 0.3) is 0 Å². The molecule has 0 fully saturated rings. The molecule has 0 saturated carbocycles. The lowest BCUT2D eigenvalue weighted by molar-refractivity contribution is 0.418. The Morgan fingerprint density at radius 3 is 2.57 bits per heavy atom. The molecule has 0 aliphatic rings. The smallest absolute Gasteiger partial charge is 0.0596 e. The summed E-state index contributed by atoms with van der Waals surface area (Å²) in [4.78, 5) is 0. The van der Waals surface area contributed by atoms with E-state index in [0.717, 1.165) is 25.2 Å². The van der Waals surface area contributed by atoms with Crippen LogP contribution in [0.15, 0.2) is 6.07 Å². The Kier molecular flexibility index (Phi) is 4.14. The van der Waals surface area contributed by atoms with Gasteiger partial charge in [-0.25, -0.2) is 0 Å². The number of hydrogen-bond acceptors (Lipinski definition) is 2. The maximum absolute atomic E-state index is 4.46. The fourth-order valence-corrected chi connectivity index (χ4v) is 1.70. The molecule has 1 aromatic heterocycles. The van der Waals surface area contributed by atoms with Crippen LogP contribution in [0.2, 0.25) is 0 Å². The second kappa shape index (κ2) is 5.15. The molecule has 1 atom stereocenters. The fourth-order valence-electron chi connectivity index (χ4n) is 1.70. The van der Waals surface area contributed by atoms with Crippen LogP contribution in [0.4, 0.5) is 0 Å². The summed E-state index contributed by atoms with van der Waals surface area (Å²) in [5, 5.41) is 7.91. The van der Waals surface area contributed by atoms with Crippen molar-refractivity contribution in [2.45, 2.75) is 46.7 Å². The van der Waals surface area contributed by atoms with Crippen LogP contribution in [0.1, 0.15) is 31.7 Å². The predicted molar refractivity (Wildman–Crippen MR) is 59.5 cm³/mol. The van der Waals surface area contributed by atoms with Crippen LogP contribution in [-0.2, 0) is 6.54 Å². The number of aromatic nitrogens is 2. The second-order valence-corrected chi connectivity index (χ2v) is 3.77. The van der Waals surface area contributed by atoms with E-state index in [0.29, 0.717) is 6.04 Å². The van der Waals surface area contributed by atoms with Gasteiger partial charge in [-0.2, -0.15) is 5.10 Å². The van der Waals surface area contributed by atoms with E-state index in [-0.39, 0.29) is 0 Å². The Hall–Kier alpha value is -0.830. The van der Waals surface area contributed by atoms with Crippen LogP contribution in [-0.4, -0.2) is 22.4 Å². The van der Waals surface area contributed by atoms with Crippen molar-refractivity contribution in [2.24, 2.45) is 0 Å². The number of likely N-dealkylation sites (N-methyl/N-ethyl adjacent to an activating group) is 1. The Bertz CT molecular complexity index is 278. The molecule has 14 heavy (non-hydrogen) atoms. The first-order valence-electron chi connectivity index (χ1n) is 5.41. The molecule has 0 amide bonds. The first-order valence-corrected chi connectivity index (χ1v) is 5.41. The highest BCUT2D eigenvalue weighted by atomic mass is 15.3. The lowest BCUT2D eigenvalue weighted by Gasteiger charge is -2.16. The normalized spacial score (nSPS) is 13.1. The molecule has 1 unspecified atom stereocenters. The van der Waals surface area contributed by atoms with Crippen molar-refractivity contribution in [1.82, 2.24) is 15.1 Å². The monoisotopic (exact) mass is 195 g/mol. The summed E-state index contributed by atoms with van der Waals surface area (Å²) >= 11 is 0. The Morgan fingerprint density at radius 1 is 1.43 bits per heavy atom. The zero-order valence-electron chi connectivity index (χ0n) is 9.67. The Labute approximate surface area is 86.5 Å². The first kappa shape index (κ1) is 11.2. The lowest BCUT2D eigenvalue weighted by Crippen LogP contribution is -2.33. The van der Waals surface area contributed by atoms with Gasteiger partial charge in [0, 0.05) is 11.7 Å². The van der Waals surface area contributed by atoms with Gasteiger partial charge in [0.2, 0.25) is 0 Å². The van der Waals surface area contributed by atoms with E-state index in [1.54, 1.807) is 0 Å². The molecule has 0 aliphatic carbocycles. The molecule has 0 aliphatic heterocycles. The lowest BCUT2D eigenvalue weighted by atomic mass is 10.2. The summed E-state index contributed by atoms with van der Waals surface area (Å²) in [5.74, 6) is 0. The van der Waals surface area contributed by atoms with Crippen LogP contribution in [0.3, 0.4) is 0 Å². The summed E-state index contributed by atoms with van der Waals surface area (Å²) in [5.41, 5.74) is 2.35. The molecule has 0 saturated heterocycles. The third-order valence-electron chi connectivity index (χ3n) is 2.48. The maximum atomic E-state index is 4.46. The fraction of sp³-hybridized carbons (Fsp3) is 0.727. The third kappa shape index (κ3) is 2.84. The Morgan fingerprint density at radius 2 is 2.14 bits per heavy atom. The van der Waals surface area contributed by atoms with E-state index in [2.05, 4.69) is 41.9 Å². The molecule has 80 valence electrons. The molecular weight excluding hydrogens is 174 g/mol. The van der Waals surface area contributed by atoms with Gasteiger partial charge in [0.05, 0.1) is 12.2 Å². The summed E-state index contributed by atoms with van der Waals surface area (Å²) in [6.07, 6.45) is 1.15. The van der Waals surface area contributed by atoms with E-state index >= 15 is 0 Å². The van der Waals surface area contributed by atoms with Crippen LogP contribution >= 0.6 is 0 Å². The van der Waals surface area contributed by atoms with E-state index in [4.69, 9.17) is 0 Å². The summed E-state index contributed by atoms with van der Waals surface area (Å²) in [7, 11) is 0. The van der Waals surface area contributed by atoms with Gasteiger partial charge in [-0.15, -0.1) is 0 Å². The van der Waals surface area contributed by atoms with Crippen molar-refractivity contribution in [1.29, 1.82) is 0 Å². The molecule has 3 nitrogen and oxygen atoms in total. The number of hydrogen-bond donors (Lipinski definition) is 1. The van der Waals surface area contributed by atoms with Gasteiger partial charge < -0.3 is 5.32 Å². The van der Waals surface area contributed by atoms with Gasteiger partial charge >= 0.3 is 0 Å². The van der Waals surface area contributed by atoms with Crippen molar-refractivity contribution >= 4 is 0 Å². The SMILES string of the molecule is CCNC(CC)Cn1nc(C)cc1C. The molecule has 1 heterocycles. The van der Waals surface area contributed by atoms with Crippen molar-refractivity contribution in [3.8, 4) is 0 Å². The topological polar surface area (TPSA) is 29.9 Å². The average Bonchev–Trinajstić information content (AvgIpc) is 2.44. The van der Waals surface area contributed by atoms with Gasteiger partial charge in [0.15, 0.2) is 0 Å². The standard InChI is InChI=1S/C11H21N3/c1-5-11(12-6-2)8-14-10(4)7-9(3)13-14/h7,11-12H,5-6,8H2,1-4H3. The van der Waals surface area contributed by atoms with Crippen LogP contribution < -0.4 is 5.32 Å². The number of aryl methyl sites for hydroxylation is 2. The van der Waals surface area contributed by atoms with E-state index in [1.165, 1.54) is 5.69 Å². The number of nitrogens with zero attached hydrogens (tertiary/aromatic N) is 2. The van der Waals surface area contributed by atoms with Gasteiger partial charge in [-0.1, -0.05) is 13.8 Å². The second-order valence-electron chi connectivity index (χ2n) is 3.77.